The minimum Gasteiger partial charge on any atom is -0.300 e. The fourth-order valence-electron chi connectivity index (χ4n) is 3.47. The molecule has 2 heteroatoms. The highest BCUT2D eigenvalue weighted by atomic mass is 15.1. The summed E-state index contributed by atoms with van der Waals surface area (Å²) < 4.78 is 0. The van der Waals surface area contributed by atoms with Gasteiger partial charge >= 0.3 is 0 Å². The molecule has 1 heterocycles. The summed E-state index contributed by atoms with van der Waals surface area (Å²) in [5.41, 5.74) is 1.44. The lowest BCUT2D eigenvalue weighted by atomic mass is 9.81. The molecule has 2 nitrogen and oxygen atoms in total. The van der Waals surface area contributed by atoms with Gasteiger partial charge in [-0.15, -0.1) is 0 Å². The van der Waals surface area contributed by atoms with Gasteiger partial charge in [-0.1, -0.05) is 26.3 Å². The minimum absolute atomic E-state index is 0.726. The Morgan fingerprint density at radius 2 is 2.00 bits per heavy atom. The van der Waals surface area contributed by atoms with Crippen molar-refractivity contribution in [3.63, 3.8) is 0 Å². The first-order valence-electron chi connectivity index (χ1n) is 7.99. The van der Waals surface area contributed by atoms with Gasteiger partial charge in [-0.05, 0) is 62.7 Å². The first kappa shape index (κ1) is 14.5. The molecule has 0 bridgehead atoms. The van der Waals surface area contributed by atoms with E-state index in [2.05, 4.69) is 42.1 Å². The highest BCUT2D eigenvalue weighted by molar-refractivity contribution is 5.15. The molecule has 0 aromatic carbocycles. The van der Waals surface area contributed by atoms with Crippen molar-refractivity contribution < 1.29 is 0 Å². The molecule has 0 amide bonds. The minimum atomic E-state index is 0.726. The summed E-state index contributed by atoms with van der Waals surface area (Å²) in [6.07, 6.45) is 11.9. The molecule has 0 aliphatic heterocycles. The summed E-state index contributed by atoms with van der Waals surface area (Å²) in [4.78, 5) is 7.01. The van der Waals surface area contributed by atoms with E-state index in [1.807, 2.05) is 6.20 Å². The normalized spacial score (nSPS) is 23.7. The van der Waals surface area contributed by atoms with Crippen molar-refractivity contribution >= 4 is 0 Å². The van der Waals surface area contributed by atoms with Gasteiger partial charge in [-0.3, -0.25) is 4.98 Å². The summed E-state index contributed by atoms with van der Waals surface area (Å²) in [5, 5.41) is 0. The highest BCUT2D eigenvalue weighted by Crippen LogP contribution is 2.34. The van der Waals surface area contributed by atoms with Crippen LogP contribution in [0.3, 0.4) is 0 Å². The Morgan fingerprint density at radius 3 is 2.63 bits per heavy atom. The lowest BCUT2D eigenvalue weighted by molar-refractivity contribution is 0.146. The molecule has 2 atom stereocenters. The maximum absolute atomic E-state index is 4.29. The first-order chi connectivity index (χ1) is 9.35. The molecule has 1 unspecified atom stereocenters. The van der Waals surface area contributed by atoms with Crippen molar-refractivity contribution in [3.05, 3.63) is 30.1 Å². The van der Waals surface area contributed by atoms with Crippen molar-refractivity contribution in [2.24, 2.45) is 0 Å². The third-order valence-electron chi connectivity index (χ3n) is 4.34. The van der Waals surface area contributed by atoms with Crippen molar-refractivity contribution in [1.29, 1.82) is 0 Å². The van der Waals surface area contributed by atoms with Gasteiger partial charge < -0.3 is 4.90 Å². The van der Waals surface area contributed by atoms with Crippen LogP contribution >= 0.6 is 0 Å². The van der Waals surface area contributed by atoms with Crippen LogP contribution in [0.4, 0.5) is 0 Å². The second-order valence-electron chi connectivity index (χ2n) is 5.84. The molecule has 1 aromatic heterocycles. The average Bonchev–Trinajstić information content (AvgIpc) is 2.48. The fraction of sp³-hybridized carbons (Fsp3) is 0.706. The molecule has 0 saturated heterocycles. The number of hydrogen-bond donors (Lipinski definition) is 0. The third-order valence-corrected chi connectivity index (χ3v) is 4.34. The van der Waals surface area contributed by atoms with E-state index in [0.717, 1.165) is 12.0 Å². The lowest BCUT2D eigenvalue weighted by Gasteiger charge is -2.37. The molecule has 106 valence electrons. The van der Waals surface area contributed by atoms with Crippen molar-refractivity contribution in [2.75, 3.05) is 13.1 Å². The third kappa shape index (κ3) is 4.04. The smallest absolute Gasteiger partial charge is 0.0302 e. The molecule has 1 fully saturated rings. The van der Waals surface area contributed by atoms with Crippen LogP contribution < -0.4 is 0 Å². The highest BCUT2D eigenvalue weighted by Gasteiger charge is 2.26. The van der Waals surface area contributed by atoms with Crippen LogP contribution in [0.25, 0.3) is 0 Å². The summed E-state index contributed by atoms with van der Waals surface area (Å²) >= 11 is 0. The van der Waals surface area contributed by atoms with Crippen LogP contribution in [0.15, 0.2) is 24.5 Å². The van der Waals surface area contributed by atoms with E-state index in [1.54, 1.807) is 0 Å². The van der Waals surface area contributed by atoms with Crippen LogP contribution in [0, 0.1) is 0 Å². The van der Waals surface area contributed by atoms with E-state index < -0.39 is 0 Å². The number of nitrogens with zero attached hydrogens (tertiary/aromatic N) is 2. The Bertz CT molecular complexity index is 344. The maximum Gasteiger partial charge on any atom is 0.0302 e. The van der Waals surface area contributed by atoms with Gasteiger partial charge in [0, 0.05) is 18.4 Å². The molecule has 0 spiro atoms. The predicted molar refractivity (Wildman–Crippen MR) is 81.4 cm³/mol. The molecule has 0 N–H and O–H groups in total. The Hall–Kier alpha value is -0.890. The maximum atomic E-state index is 4.29. The molecule has 1 aliphatic carbocycles. The predicted octanol–water partition coefficient (Wildman–Crippen LogP) is 4.23. The van der Waals surface area contributed by atoms with Crippen LogP contribution in [-0.4, -0.2) is 29.0 Å². The quantitative estimate of drug-likeness (QED) is 0.761. The fourth-order valence-corrected chi connectivity index (χ4v) is 3.47. The Balaban J connectivity index is 1.99. The van der Waals surface area contributed by atoms with Crippen LogP contribution in [0.2, 0.25) is 0 Å². The van der Waals surface area contributed by atoms with E-state index in [1.165, 1.54) is 57.2 Å². The van der Waals surface area contributed by atoms with Gasteiger partial charge in [-0.2, -0.15) is 0 Å². The van der Waals surface area contributed by atoms with E-state index in [9.17, 15) is 0 Å². The Kier molecular flexibility index (Phi) is 5.84. The van der Waals surface area contributed by atoms with E-state index in [4.69, 9.17) is 0 Å². The van der Waals surface area contributed by atoms with E-state index in [0.29, 0.717) is 0 Å². The molecular formula is C17H28N2. The van der Waals surface area contributed by atoms with E-state index in [-0.39, 0.29) is 0 Å². The van der Waals surface area contributed by atoms with Crippen LogP contribution in [0.5, 0.6) is 0 Å². The van der Waals surface area contributed by atoms with Crippen LogP contribution in [0.1, 0.15) is 63.9 Å². The van der Waals surface area contributed by atoms with Gasteiger partial charge in [0.25, 0.3) is 0 Å². The van der Waals surface area contributed by atoms with Gasteiger partial charge in [0.05, 0.1) is 0 Å². The monoisotopic (exact) mass is 260 g/mol. The molecule has 1 saturated carbocycles. The summed E-state index contributed by atoms with van der Waals surface area (Å²) in [6.45, 7) is 7.12. The number of pyridine rings is 1. The number of hydrogen-bond acceptors (Lipinski definition) is 2. The SMILES string of the molecule is CCCN(CCC)[C@@H]1CCCC(c2cccnc2)C1. The Labute approximate surface area is 118 Å². The second kappa shape index (κ2) is 7.64. The average molecular weight is 260 g/mol. The molecule has 2 rings (SSSR count). The second-order valence-corrected chi connectivity index (χ2v) is 5.84. The zero-order chi connectivity index (χ0) is 13.5. The standard InChI is InChI=1S/C17H28N2/c1-3-11-19(12-4-2)17-9-5-7-15(13-17)16-8-6-10-18-14-16/h6,8,10,14-15,17H,3-5,7,9,11-13H2,1-2H3/t15?,17-/m1/s1. The summed E-state index contributed by atoms with van der Waals surface area (Å²) in [7, 11) is 0. The number of rotatable bonds is 6. The van der Waals surface area contributed by atoms with Crippen molar-refractivity contribution in [3.8, 4) is 0 Å². The van der Waals surface area contributed by atoms with Crippen molar-refractivity contribution in [2.45, 2.75) is 64.3 Å². The summed E-state index contributed by atoms with van der Waals surface area (Å²) in [6, 6.07) is 5.12. The summed E-state index contributed by atoms with van der Waals surface area (Å²) in [5.74, 6) is 0.726. The van der Waals surface area contributed by atoms with Crippen LogP contribution in [-0.2, 0) is 0 Å². The largest absolute Gasteiger partial charge is 0.300 e. The topological polar surface area (TPSA) is 16.1 Å². The van der Waals surface area contributed by atoms with Crippen molar-refractivity contribution in [1.82, 2.24) is 9.88 Å². The van der Waals surface area contributed by atoms with E-state index >= 15 is 0 Å². The zero-order valence-corrected chi connectivity index (χ0v) is 12.5. The molecule has 1 aromatic rings. The lowest BCUT2D eigenvalue weighted by Crippen LogP contribution is -2.39. The first-order valence-corrected chi connectivity index (χ1v) is 7.99. The number of aromatic nitrogens is 1. The molecular weight excluding hydrogens is 232 g/mol. The zero-order valence-electron chi connectivity index (χ0n) is 12.5. The molecule has 0 radical (unpaired) electrons. The Morgan fingerprint density at radius 1 is 1.21 bits per heavy atom. The van der Waals surface area contributed by atoms with Gasteiger partial charge in [0.1, 0.15) is 0 Å². The van der Waals surface area contributed by atoms with Gasteiger partial charge in [0.15, 0.2) is 0 Å². The molecule has 19 heavy (non-hydrogen) atoms. The van der Waals surface area contributed by atoms with Gasteiger partial charge in [0.2, 0.25) is 0 Å². The molecule has 1 aliphatic rings. The van der Waals surface area contributed by atoms with Gasteiger partial charge in [-0.25, -0.2) is 0 Å².